The van der Waals surface area contributed by atoms with Gasteiger partial charge in [0.25, 0.3) is 0 Å². The van der Waals surface area contributed by atoms with Gasteiger partial charge >= 0.3 is 16.2 Å². The van der Waals surface area contributed by atoms with Gasteiger partial charge in [-0.05, 0) is 52.8 Å². The largest absolute Gasteiger partial charge is 0.333 e. The van der Waals surface area contributed by atoms with Crippen molar-refractivity contribution in [2.24, 2.45) is 17.8 Å². The number of nitrogens with one attached hydrogen (secondary N) is 2. The highest BCUT2D eigenvalue weighted by molar-refractivity contribution is 7.87. The van der Waals surface area contributed by atoms with Gasteiger partial charge in [-0.25, -0.2) is 9.52 Å². The fourth-order valence-electron chi connectivity index (χ4n) is 3.83. The zero-order valence-electron chi connectivity index (χ0n) is 18.4. The van der Waals surface area contributed by atoms with Crippen LogP contribution in [-0.2, 0) is 10.2 Å². The van der Waals surface area contributed by atoms with E-state index in [9.17, 15) is 13.2 Å². The molecule has 0 saturated carbocycles. The molecule has 2 unspecified atom stereocenters. The van der Waals surface area contributed by atoms with Crippen LogP contribution >= 0.6 is 11.6 Å². The van der Waals surface area contributed by atoms with Crippen molar-refractivity contribution >= 4 is 33.5 Å². The molecule has 1 heterocycles. The van der Waals surface area contributed by atoms with Crippen LogP contribution in [0.1, 0.15) is 71.4 Å². The Morgan fingerprint density at radius 1 is 1.03 bits per heavy atom. The highest BCUT2D eigenvalue weighted by Gasteiger charge is 2.35. The predicted octanol–water partition coefficient (Wildman–Crippen LogP) is 5.18. The molecule has 0 bridgehead atoms. The molecule has 2 amide bonds. The second-order valence-corrected chi connectivity index (χ2v) is 11.1. The standard InChI is InChI=1S/C21H34ClN3O3S/c1-12(2)18-8-17(22)9-19(13(3)4)20(18)23-21(26)24-29(27,28)25-10-14(5)16(7)15(6)11-25/h8-9,12-16H,10-11H2,1-7H3,(H2,23,24,26). The summed E-state index contributed by atoms with van der Waals surface area (Å²) >= 11 is 6.26. The molecule has 2 atom stereocenters. The molecule has 29 heavy (non-hydrogen) atoms. The number of hydrogen-bond donors (Lipinski definition) is 2. The summed E-state index contributed by atoms with van der Waals surface area (Å²) in [5.74, 6) is 1.13. The summed E-state index contributed by atoms with van der Waals surface area (Å²) in [6, 6.07) is 2.88. The van der Waals surface area contributed by atoms with Crippen LogP contribution in [0.4, 0.5) is 10.5 Å². The first-order chi connectivity index (χ1) is 13.3. The van der Waals surface area contributed by atoms with E-state index in [2.05, 4.69) is 17.0 Å². The minimum atomic E-state index is -3.92. The number of anilines is 1. The van der Waals surface area contributed by atoms with Crippen LogP contribution in [0.15, 0.2) is 12.1 Å². The average molecular weight is 444 g/mol. The minimum Gasteiger partial charge on any atom is -0.307 e. The van der Waals surface area contributed by atoms with Gasteiger partial charge in [0.15, 0.2) is 0 Å². The summed E-state index contributed by atoms with van der Waals surface area (Å²) in [4.78, 5) is 12.7. The van der Waals surface area contributed by atoms with Gasteiger partial charge in [0.05, 0.1) is 0 Å². The van der Waals surface area contributed by atoms with E-state index in [-0.39, 0.29) is 23.7 Å². The lowest BCUT2D eigenvalue weighted by atomic mass is 9.82. The average Bonchev–Trinajstić information content (AvgIpc) is 2.59. The van der Waals surface area contributed by atoms with Gasteiger partial charge in [-0.3, -0.25) is 0 Å². The van der Waals surface area contributed by atoms with Crippen LogP contribution in [0.3, 0.4) is 0 Å². The number of hydrogen-bond acceptors (Lipinski definition) is 3. The molecule has 1 fully saturated rings. The molecule has 0 aromatic heterocycles. The number of amides is 2. The summed E-state index contributed by atoms with van der Waals surface area (Å²) in [6.07, 6.45) is 0. The maximum Gasteiger partial charge on any atom is 0.333 e. The van der Waals surface area contributed by atoms with Crippen LogP contribution in [0.25, 0.3) is 0 Å². The Hall–Kier alpha value is -1.31. The van der Waals surface area contributed by atoms with Crippen molar-refractivity contribution in [3.8, 4) is 0 Å². The maximum atomic E-state index is 12.8. The topological polar surface area (TPSA) is 78.5 Å². The van der Waals surface area contributed by atoms with E-state index in [1.807, 2.05) is 53.7 Å². The van der Waals surface area contributed by atoms with Gasteiger partial charge < -0.3 is 5.32 Å². The van der Waals surface area contributed by atoms with Gasteiger partial charge in [-0.1, -0.05) is 60.1 Å². The zero-order valence-corrected chi connectivity index (χ0v) is 20.0. The van der Waals surface area contributed by atoms with Gasteiger partial charge in [-0.15, -0.1) is 0 Å². The molecule has 0 aliphatic carbocycles. The highest BCUT2D eigenvalue weighted by Crippen LogP contribution is 2.35. The number of halogens is 1. The lowest BCUT2D eigenvalue weighted by Gasteiger charge is -2.38. The lowest BCUT2D eigenvalue weighted by molar-refractivity contribution is 0.147. The Morgan fingerprint density at radius 3 is 1.90 bits per heavy atom. The Labute approximate surface area is 180 Å². The lowest BCUT2D eigenvalue weighted by Crippen LogP contribution is -2.52. The molecule has 1 aromatic rings. The third-order valence-electron chi connectivity index (χ3n) is 5.99. The van der Waals surface area contributed by atoms with Crippen LogP contribution in [0, 0.1) is 17.8 Å². The third kappa shape index (κ3) is 5.64. The highest BCUT2D eigenvalue weighted by atomic mass is 35.5. The van der Waals surface area contributed by atoms with E-state index in [0.717, 1.165) is 11.1 Å². The summed E-state index contributed by atoms with van der Waals surface area (Å²) in [5.41, 5.74) is 2.38. The van der Waals surface area contributed by atoms with Crippen LogP contribution in [0.5, 0.6) is 0 Å². The van der Waals surface area contributed by atoms with Crippen molar-refractivity contribution in [3.63, 3.8) is 0 Å². The number of carbonyl (C=O) groups is 1. The normalized spacial score (nSPS) is 23.4. The number of rotatable bonds is 5. The maximum absolute atomic E-state index is 12.8. The Bertz CT molecular complexity index is 814. The molecular formula is C21H34ClN3O3S. The predicted molar refractivity (Wildman–Crippen MR) is 120 cm³/mol. The number of benzene rings is 1. The molecule has 1 saturated heterocycles. The van der Waals surface area contributed by atoms with Crippen molar-refractivity contribution in [3.05, 3.63) is 28.3 Å². The molecule has 2 rings (SSSR count). The fourth-order valence-corrected chi connectivity index (χ4v) is 5.34. The smallest absolute Gasteiger partial charge is 0.307 e. The second-order valence-electron chi connectivity index (χ2n) is 8.96. The van der Waals surface area contributed by atoms with E-state index in [0.29, 0.717) is 29.7 Å². The molecule has 1 aromatic carbocycles. The minimum absolute atomic E-state index is 0.114. The first kappa shape index (κ1) is 24.0. The summed E-state index contributed by atoms with van der Waals surface area (Å²) in [6.45, 7) is 15.1. The Balaban J connectivity index is 2.25. The SMILES string of the molecule is CC(C)c1cc(Cl)cc(C(C)C)c1NC(=O)NS(=O)(=O)N1CC(C)C(C)C(C)C1. The third-order valence-corrected chi connectivity index (χ3v) is 7.63. The van der Waals surface area contributed by atoms with E-state index in [1.54, 1.807) is 0 Å². The molecule has 164 valence electrons. The number of piperidine rings is 1. The molecule has 0 radical (unpaired) electrons. The van der Waals surface area contributed by atoms with Crippen LogP contribution < -0.4 is 10.0 Å². The number of urea groups is 1. The van der Waals surface area contributed by atoms with Crippen molar-refractivity contribution in [1.29, 1.82) is 0 Å². The Kier molecular flexibility index (Phi) is 7.63. The number of nitrogens with zero attached hydrogens (tertiary/aromatic N) is 1. The van der Waals surface area contributed by atoms with Crippen molar-refractivity contribution in [1.82, 2.24) is 9.03 Å². The fraction of sp³-hybridized carbons (Fsp3) is 0.667. The molecule has 8 heteroatoms. The van der Waals surface area contributed by atoms with Gasteiger partial charge in [-0.2, -0.15) is 12.7 Å². The molecule has 2 N–H and O–H groups in total. The summed E-state index contributed by atoms with van der Waals surface area (Å²) in [5, 5.41) is 3.38. The van der Waals surface area contributed by atoms with Gasteiger partial charge in [0.1, 0.15) is 0 Å². The summed E-state index contributed by atoms with van der Waals surface area (Å²) < 4.78 is 29.2. The van der Waals surface area contributed by atoms with Crippen molar-refractivity contribution in [2.75, 3.05) is 18.4 Å². The van der Waals surface area contributed by atoms with Crippen LogP contribution in [-0.4, -0.2) is 31.8 Å². The monoisotopic (exact) mass is 443 g/mol. The summed E-state index contributed by atoms with van der Waals surface area (Å²) in [7, 11) is -3.92. The number of carbonyl (C=O) groups excluding carboxylic acids is 1. The molecular weight excluding hydrogens is 410 g/mol. The van der Waals surface area contributed by atoms with Gasteiger partial charge in [0, 0.05) is 23.8 Å². The first-order valence-electron chi connectivity index (χ1n) is 10.3. The molecule has 1 aliphatic heterocycles. The first-order valence-corrected chi connectivity index (χ1v) is 12.1. The van der Waals surface area contributed by atoms with E-state index in [1.165, 1.54) is 4.31 Å². The van der Waals surface area contributed by atoms with Crippen LogP contribution in [0.2, 0.25) is 5.02 Å². The van der Waals surface area contributed by atoms with E-state index >= 15 is 0 Å². The van der Waals surface area contributed by atoms with E-state index < -0.39 is 16.2 Å². The molecule has 1 aliphatic rings. The van der Waals surface area contributed by atoms with Gasteiger partial charge in [0.2, 0.25) is 0 Å². The molecule has 0 spiro atoms. The quantitative estimate of drug-likeness (QED) is 0.658. The Morgan fingerprint density at radius 2 is 1.48 bits per heavy atom. The zero-order chi connectivity index (χ0) is 22.1. The van der Waals surface area contributed by atoms with E-state index in [4.69, 9.17) is 11.6 Å². The van der Waals surface area contributed by atoms with Crippen molar-refractivity contribution in [2.45, 2.75) is 60.3 Å². The van der Waals surface area contributed by atoms with Crippen molar-refractivity contribution < 1.29 is 13.2 Å². The molecule has 6 nitrogen and oxygen atoms in total. The second kappa shape index (κ2) is 9.23.